The summed E-state index contributed by atoms with van der Waals surface area (Å²) in [5.74, 6) is -2.00. The molecule has 0 aromatic heterocycles. The quantitative estimate of drug-likeness (QED) is 0.835. The fourth-order valence-electron chi connectivity index (χ4n) is 1.41. The van der Waals surface area contributed by atoms with E-state index in [4.69, 9.17) is 16.7 Å². The van der Waals surface area contributed by atoms with Crippen LogP contribution in [-0.4, -0.2) is 28.8 Å². The second kappa shape index (κ2) is 6.89. The lowest BCUT2D eigenvalue weighted by molar-refractivity contribution is -0.141. The number of benzene rings is 1. The number of halogens is 1. The summed E-state index contributed by atoms with van der Waals surface area (Å²) in [6.45, 7) is 1.64. The lowest BCUT2D eigenvalue weighted by Gasteiger charge is -2.13. The number of hydrogen-bond donors (Lipinski definition) is 2. The van der Waals surface area contributed by atoms with E-state index in [2.05, 4.69) is 5.32 Å². The average molecular weight is 284 g/mol. The summed E-state index contributed by atoms with van der Waals surface area (Å²) in [6.07, 6.45) is 0.0196. The van der Waals surface area contributed by atoms with E-state index in [-0.39, 0.29) is 18.6 Å². The van der Waals surface area contributed by atoms with Crippen LogP contribution in [0.25, 0.3) is 0 Å². The number of aliphatic carboxylic acids is 1. The van der Waals surface area contributed by atoms with Gasteiger partial charge in [-0.3, -0.25) is 9.59 Å². The molecule has 0 bridgehead atoms. The van der Waals surface area contributed by atoms with E-state index in [1.165, 1.54) is 24.3 Å². The van der Waals surface area contributed by atoms with Crippen molar-refractivity contribution >= 4 is 29.3 Å². The van der Waals surface area contributed by atoms with Gasteiger partial charge in [-0.2, -0.15) is 0 Å². The third-order valence-electron chi connectivity index (χ3n) is 2.54. The van der Waals surface area contributed by atoms with Crippen molar-refractivity contribution in [3.63, 3.8) is 0 Å². The van der Waals surface area contributed by atoms with Gasteiger partial charge in [-0.25, -0.2) is 4.79 Å². The summed E-state index contributed by atoms with van der Waals surface area (Å²) in [6, 6.07) is 4.82. The topological polar surface area (TPSA) is 83.5 Å². The Labute approximate surface area is 115 Å². The molecular weight excluding hydrogens is 270 g/mol. The summed E-state index contributed by atoms with van der Waals surface area (Å²) in [5, 5.41) is 11.8. The highest BCUT2D eigenvalue weighted by Gasteiger charge is 2.22. The largest absolute Gasteiger partial charge is 0.480 e. The first kappa shape index (κ1) is 15.2. The number of carbonyl (C=O) groups excluding carboxylic acids is 2. The monoisotopic (exact) mass is 283 g/mol. The molecule has 6 heteroatoms. The Kier molecular flexibility index (Phi) is 5.51. The van der Waals surface area contributed by atoms with Crippen molar-refractivity contribution in [1.29, 1.82) is 0 Å². The van der Waals surface area contributed by atoms with Crippen molar-refractivity contribution in [3.8, 4) is 0 Å². The van der Waals surface area contributed by atoms with Crippen LogP contribution >= 0.6 is 11.6 Å². The molecule has 1 aromatic carbocycles. The molecule has 0 aliphatic carbocycles. The Morgan fingerprint density at radius 1 is 1.26 bits per heavy atom. The number of carboxylic acid groups (broad SMARTS) is 1. The molecule has 1 atom stereocenters. The van der Waals surface area contributed by atoms with Crippen molar-refractivity contribution < 1.29 is 19.5 Å². The van der Waals surface area contributed by atoms with Gasteiger partial charge < -0.3 is 10.4 Å². The van der Waals surface area contributed by atoms with Crippen LogP contribution in [0.4, 0.5) is 0 Å². The SMILES string of the molecule is CCC(=O)CC(NC(=O)c1ccc(Cl)cc1)C(=O)O. The Bertz CT molecular complexity index is 484. The first-order valence-electron chi connectivity index (χ1n) is 5.75. The Balaban J connectivity index is 2.73. The van der Waals surface area contributed by atoms with Crippen molar-refractivity contribution in [2.45, 2.75) is 25.8 Å². The molecule has 1 unspecified atom stereocenters. The predicted octanol–water partition coefficient (Wildman–Crippen LogP) is 1.89. The molecule has 0 spiro atoms. The van der Waals surface area contributed by atoms with Crippen LogP contribution in [0.1, 0.15) is 30.1 Å². The van der Waals surface area contributed by atoms with E-state index in [9.17, 15) is 14.4 Å². The van der Waals surface area contributed by atoms with Crippen molar-refractivity contribution in [1.82, 2.24) is 5.32 Å². The zero-order valence-corrected chi connectivity index (χ0v) is 11.1. The van der Waals surface area contributed by atoms with Gasteiger partial charge in [0.15, 0.2) is 0 Å². The predicted molar refractivity (Wildman–Crippen MR) is 70.3 cm³/mol. The second-order valence-corrected chi connectivity index (χ2v) is 4.40. The van der Waals surface area contributed by atoms with Crippen molar-refractivity contribution in [3.05, 3.63) is 34.9 Å². The number of hydrogen-bond acceptors (Lipinski definition) is 3. The smallest absolute Gasteiger partial charge is 0.326 e. The van der Waals surface area contributed by atoms with Crippen molar-refractivity contribution in [2.75, 3.05) is 0 Å². The molecule has 102 valence electrons. The lowest BCUT2D eigenvalue weighted by atomic mass is 10.1. The third-order valence-corrected chi connectivity index (χ3v) is 2.79. The van der Waals surface area contributed by atoms with Gasteiger partial charge in [-0.1, -0.05) is 18.5 Å². The minimum absolute atomic E-state index is 0.217. The Morgan fingerprint density at radius 3 is 2.32 bits per heavy atom. The van der Waals surface area contributed by atoms with Gasteiger partial charge in [0.25, 0.3) is 5.91 Å². The number of ketones is 1. The number of amides is 1. The maximum absolute atomic E-state index is 11.8. The molecule has 0 saturated heterocycles. The normalized spacial score (nSPS) is 11.7. The van der Waals surface area contributed by atoms with E-state index in [1.54, 1.807) is 6.92 Å². The summed E-state index contributed by atoms with van der Waals surface area (Å²) < 4.78 is 0. The van der Waals surface area contributed by atoms with Gasteiger partial charge in [0.1, 0.15) is 11.8 Å². The molecule has 0 aliphatic heterocycles. The van der Waals surface area contributed by atoms with E-state index in [1.807, 2.05) is 0 Å². The van der Waals surface area contributed by atoms with Gasteiger partial charge in [-0.05, 0) is 24.3 Å². The molecular formula is C13H14ClNO4. The Morgan fingerprint density at radius 2 is 1.84 bits per heavy atom. The first-order chi connectivity index (χ1) is 8.93. The van der Waals surface area contributed by atoms with Crippen LogP contribution in [0.3, 0.4) is 0 Å². The number of rotatable bonds is 6. The molecule has 0 aliphatic rings. The number of carboxylic acids is 1. The van der Waals surface area contributed by atoms with Gasteiger partial charge >= 0.3 is 5.97 Å². The maximum Gasteiger partial charge on any atom is 0.326 e. The fourth-order valence-corrected chi connectivity index (χ4v) is 1.54. The Hall–Kier alpha value is -1.88. The van der Waals surface area contributed by atoms with E-state index < -0.39 is 17.9 Å². The van der Waals surface area contributed by atoms with Crippen LogP contribution < -0.4 is 5.32 Å². The number of carbonyl (C=O) groups is 3. The summed E-state index contributed by atoms with van der Waals surface area (Å²) in [7, 11) is 0. The van der Waals surface area contributed by atoms with Gasteiger partial charge in [0, 0.05) is 23.4 Å². The number of Topliss-reactive ketones (excluding diaryl/α,β-unsaturated/α-hetero) is 1. The van der Waals surface area contributed by atoms with E-state index in [0.717, 1.165) is 0 Å². The molecule has 0 radical (unpaired) electrons. The van der Waals surface area contributed by atoms with Gasteiger partial charge in [0.05, 0.1) is 0 Å². The van der Waals surface area contributed by atoms with Crippen LogP contribution in [0.5, 0.6) is 0 Å². The summed E-state index contributed by atoms with van der Waals surface area (Å²) in [5.41, 5.74) is 0.291. The molecule has 2 N–H and O–H groups in total. The standard InChI is InChI=1S/C13H14ClNO4/c1-2-10(16)7-11(13(18)19)15-12(17)8-3-5-9(14)6-4-8/h3-6,11H,2,7H2,1H3,(H,15,17)(H,18,19). The minimum Gasteiger partial charge on any atom is -0.480 e. The van der Waals surface area contributed by atoms with Crippen LogP contribution in [0, 0.1) is 0 Å². The molecule has 1 amide bonds. The second-order valence-electron chi connectivity index (χ2n) is 3.97. The molecule has 5 nitrogen and oxygen atoms in total. The highest BCUT2D eigenvalue weighted by Crippen LogP contribution is 2.10. The highest BCUT2D eigenvalue weighted by molar-refractivity contribution is 6.30. The first-order valence-corrected chi connectivity index (χ1v) is 6.12. The maximum atomic E-state index is 11.8. The molecule has 1 aromatic rings. The summed E-state index contributed by atoms with van der Waals surface area (Å²) in [4.78, 5) is 34.1. The zero-order chi connectivity index (χ0) is 14.4. The van der Waals surface area contributed by atoms with Crippen LogP contribution in [0.2, 0.25) is 5.02 Å². The van der Waals surface area contributed by atoms with Crippen molar-refractivity contribution in [2.24, 2.45) is 0 Å². The molecule has 1 rings (SSSR count). The van der Waals surface area contributed by atoms with Gasteiger partial charge in [-0.15, -0.1) is 0 Å². The van der Waals surface area contributed by atoms with Gasteiger partial charge in [0.2, 0.25) is 0 Å². The van der Waals surface area contributed by atoms with E-state index in [0.29, 0.717) is 10.6 Å². The molecule has 19 heavy (non-hydrogen) atoms. The molecule has 0 saturated carbocycles. The summed E-state index contributed by atoms with van der Waals surface area (Å²) >= 11 is 5.69. The minimum atomic E-state index is -1.23. The van der Waals surface area contributed by atoms with Crippen LogP contribution in [-0.2, 0) is 9.59 Å². The molecule has 0 fully saturated rings. The zero-order valence-electron chi connectivity index (χ0n) is 10.4. The fraction of sp³-hybridized carbons (Fsp3) is 0.308. The van der Waals surface area contributed by atoms with Crippen LogP contribution in [0.15, 0.2) is 24.3 Å². The third kappa shape index (κ3) is 4.71. The highest BCUT2D eigenvalue weighted by atomic mass is 35.5. The van der Waals surface area contributed by atoms with E-state index >= 15 is 0 Å². The average Bonchev–Trinajstić information content (AvgIpc) is 2.38. The number of nitrogens with one attached hydrogen (secondary N) is 1. The lowest BCUT2D eigenvalue weighted by Crippen LogP contribution is -2.42. The molecule has 0 heterocycles.